The number of hydrogen-bond acceptors (Lipinski definition) is 7. The zero-order chi connectivity index (χ0) is 32.3. The fourth-order valence-electron chi connectivity index (χ4n) is 6.45. The average Bonchev–Trinajstić information content (AvgIpc) is 3.04. The first-order valence-electron chi connectivity index (χ1n) is 16.3. The normalized spacial score (nSPS) is 20.6. The molecule has 3 atom stereocenters. The molecule has 2 fully saturated rings. The number of carbonyl (C=O) groups excluding carboxylic acids is 2. The molecule has 0 bridgehead atoms. The molecule has 1 heterocycles. The van der Waals surface area contributed by atoms with Gasteiger partial charge in [0.25, 0.3) is 5.91 Å². The molecule has 1 aliphatic heterocycles. The van der Waals surface area contributed by atoms with Crippen molar-refractivity contribution >= 4 is 23.4 Å². The predicted molar refractivity (Wildman–Crippen MR) is 181 cm³/mol. The van der Waals surface area contributed by atoms with E-state index in [0.29, 0.717) is 12.1 Å². The summed E-state index contributed by atoms with van der Waals surface area (Å²) in [5.41, 5.74) is 4.62. The van der Waals surface area contributed by atoms with E-state index in [-0.39, 0.29) is 30.1 Å². The van der Waals surface area contributed by atoms with Gasteiger partial charge in [-0.15, -0.1) is 0 Å². The first-order chi connectivity index (χ1) is 21.7. The molecule has 0 aromatic heterocycles. The van der Waals surface area contributed by atoms with Crippen LogP contribution in [-0.4, -0.2) is 79.3 Å². The molecular formula is C36H51N5O4. The summed E-state index contributed by atoms with van der Waals surface area (Å²) in [6, 6.07) is 15.9. The van der Waals surface area contributed by atoms with E-state index >= 15 is 0 Å². The van der Waals surface area contributed by atoms with Gasteiger partial charge in [-0.05, 0) is 70.4 Å². The van der Waals surface area contributed by atoms with Crippen molar-refractivity contribution in [2.75, 3.05) is 38.6 Å². The van der Waals surface area contributed by atoms with Crippen molar-refractivity contribution in [2.24, 2.45) is 0 Å². The van der Waals surface area contributed by atoms with Crippen molar-refractivity contribution in [3.63, 3.8) is 0 Å². The zero-order valence-electron chi connectivity index (χ0n) is 27.6. The molecule has 244 valence electrons. The first kappa shape index (κ1) is 33.9. The van der Waals surface area contributed by atoms with E-state index in [4.69, 9.17) is 9.47 Å². The number of piperazine rings is 1. The number of alkyl carbamates (subject to hydrolysis) is 1. The Hall–Kier alpha value is -3.98. The van der Waals surface area contributed by atoms with Gasteiger partial charge in [-0.1, -0.05) is 55.8 Å². The third-order valence-corrected chi connectivity index (χ3v) is 8.76. The molecule has 9 heteroatoms. The van der Waals surface area contributed by atoms with Crippen molar-refractivity contribution in [3.05, 3.63) is 78.0 Å². The lowest BCUT2D eigenvalue weighted by Crippen LogP contribution is -2.55. The van der Waals surface area contributed by atoms with Crippen molar-refractivity contribution in [1.29, 1.82) is 0 Å². The Morgan fingerprint density at radius 3 is 2.62 bits per heavy atom. The zero-order valence-corrected chi connectivity index (χ0v) is 27.6. The molecule has 1 saturated heterocycles. The third-order valence-electron chi connectivity index (χ3n) is 8.76. The highest BCUT2D eigenvalue weighted by molar-refractivity contribution is 6.00. The van der Waals surface area contributed by atoms with Gasteiger partial charge in [-0.2, -0.15) is 0 Å². The second-order valence-corrected chi connectivity index (χ2v) is 12.2. The molecule has 2 aromatic carbocycles. The maximum atomic E-state index is 14.4. The monoisotopic (exact) mass is 617 g/mol. The molecule has 3 N–H and O–H groups in total. The van der Waals surface area contributed by atoms with Crippen molar-refractivity contribution in [1.82, 2.24) is 20.4 Å². The molecule has 2 aliphatic rings. The van der Waals surface area contributed by atoms with Gasteiger partial charge < -0.3 is 35.2 Å². The van der Waals surface area contributed by atoms with Crippen molar-refractivity contribution in [2.45, 2.75) is 84.0 Å². The highest BCUT2D eigenvalue weighted by Crippen LogP contribution is 2.33. The molecule has 4 rings (SSSR count). The number of carbonyl (C=O) groups is 2. The van der Waals surface area contributed by atoms with Crippen molar-refractivity contribution < 1.29 is 19.1 Å². The van der Waals surface area contributed by atoms with Gasteiger partial charge in [0.2, 0.25) is 0 Å². The minimum Gasteiger partial charge on any atom is -0.497 e. The minimum absolute atomic E-state index is 0.0179. The summed E-state index contributed by atoms with van der Waals surface area (Å²) in [5.74, 6) is 0.830. The number of methoxy groups -OCH3 is 1. The van der Waals surface area contributed by atoms with Crippen LogP contribution in [0.15, 0.2) is 66.9 Å². The summed E-state index contributed by atoms with van der Waals surface area (Å²) in [5, 5.41) is 10.2. The Morgan fingerprint density at radius 2 is 1.91 bits per heavy atom. The van der Waals surface area contributed by atoms with Gasteiger partial charge in [0.15, 0.2) is 0 Å². The van der Waals surface area contributed by atoms with Gasteiger partial charge in [-0.25, -0.2) is 4.79 Å². The Kier molecular flexibility index (Phi) is 12.3. The molecule has 0 unspecified atom stereocenters. The second kappa shape index (κ2) is 16.4. The Bertz CT molecular complexity index is 1330. The maximum Gasteiger partial charge on any atom is 0.407 e. The summed E-state index contributed by atoms with van der Waals surface area (Å²) in [4.78, 5) is 31.2. The van der Waals surface area contributed by atoms with Crippen LogP contribution in [0.4, 0.5) is 10.5 Å². The average molecular weight is 618 g/mol. The topological polar surface area (TPSA) is 95.2 Å². The number of nitrogens with zero attached hydrogens (tertiary/aromatic N) is 2. The SMILES string of the molecule is C=CN(/C(=C(\C)C(=O)N1CCNC[C@H]1CCNc1cc(OC)ccc1C)c1ccccc1)[C@H]1CCCC[C@@H]1NC(=O)OC(C)C. The van der Waals surface area contributed by atoms with E-state index in [1.807, 2.05) is 80.4 Å². The van der Waals surface area contributed by atoms with Crippen LogP contribution in [0.5, 0.6) is 5.75 Å². The van der Waals surface area contributed by atoms with E-state index in [2.05, 4.69) is 34.4 Å². The largest absolute Gasteiger partial charge is 0.497 e. The Labute approximate surface area is 269 Å². The summed E-state index contributed by atoms with van der Waals surface area (Å²) in [6.45, 7) is 14.7. The quantitative estimate of drug-likeness (QED) is 0.254. The van der Waals surface area contributed by atoms with Crippen molar-refractivity contribution in [3.8, 4) is 5.75 Å². The summed E-state index contributed by atoms with van der Waals surface area (Å²) in [6.07, 6.45) is 5.73. The number of benzene rings is 2. The molecule has 2 aromatic rings. The van der Waals surface area contributed by atoms with Crippen LogP contribution < -0.4 is 20.7 Å². The van der Waals surface area contributed by atoms with Crippen LogP contribution in [0.1, 0.15) is 64.0 Å². The molecule has 2 amide bonds. The van der Waals surface area contributed by atoms with Crippen LogP contribution in [0.3, 0.4) is 0 Å². The Morgan fingerprint density at radius 1 is 1.16 bits per heavy atom. The van der Waals surface area contributed by atoms with Crippen LogP contribution >= 0.6 is 0 Å². The third kappa shape index (κ3) is 8.81. The van der Waals surface area contributed by atoms with Crippen LogP contribution in [0.25, 0.3) is 5.70 Å². The molecule has 1 aliphatic carbocycles. The summed E-state index contributed by atoms with van der Waals surface area (Å²) >= 11 is 0. The lowest BCUT2D eigenvalue weighted by molar-refractivity contribution is -0.130. The number of aryl methyl sites for hydroxylation is 1. The van der Waals surface area contributed by atoms with Crippen LogP contribution in [-0.2, 0) is 9.53 Å². The van der Waals surface area contributed by atoms with E-state index < -0.39 is 6.09 Å². The first-order valence-corrected chi connectivity index (χ1v) is 16.3. The number of amides is 2. The van der Waals surface area contributed by atoms with E-state index in [1.54, 1.807) is 7.11 Å². The van der Waals surface area contributed by atoms with Gasteiger partial charge in [0, 0.05) is 49.5 Å². The molecular weight excluding hydrogens is 566 g/mol. The molecule has 45 heavy (non-hydrogen) atoms. The number of hydrogen-bond donors (Lipinski definition) is 3. The predicted octanol–water partition coefficient (Wildman–Crippen LogP) is 5.93. The lowest BCUT2D eigenvalue weighted by Gasteiger charge is -2.42. The number of rotatable bonds is 12. The molecule has 0 spiro atoms. The van der Waals surface area contributed by atoms with Gasteiger partial charge >= 0.3 is 6.09 Å². The highest BCUT2D eigenvalue weighted by Gasteiger charge is 2.35. The summed E-state index contributed by atoms with van der Waals surface area (Å²) in [7, 11) is 1.67. The fraction of sp³-hybridized carbons (Fsp3) is 0.500. The summed E-state index contributed by atoms with van der Waals surface area (Å²) < 4.78 is 10.8. The smallest absolute Gasteiger partial charge is 0.407 e. The van der Waals surface area contributed by atoms with Gasteiger partial charge in [0.1, 0.15) is 5.75 Å². The van der Waals surface area contributed by atoms with E-state index in [9.17, 15) is 9.59 Å². The van der Waals surface area contributed by atoms with Crippen LogP contribution in [0.2, 0.25) is 0 Å². The van der Waals surface area contributed by atoms with E-state index in [1.165, 1.54) is 0 Å². The maximum absolute atomic E-state index is 14.4. The number of nitrogens with one attached hydrogen (secondary N) is 3. The highest BCUT2D eigenvalue weighted by atomic mass is 16.6. The second-order valence-electron chi connectivity index (χ2n) is 12.2. The standard InChI is InChI=1S/C36H51N5O4/c1-7-40(33-16-12-11-15-31(33)39-36(43)45-25(2)3)34(28-13-9-8-10-14-28)27(5)35(42)41-22-21-37-24-29(41)19-20-38-32-23-30(44-6)18-17-26(32)4/h7-10,13-14,17-18,23,25,29,31,33,37-38H,1,11-12,15-16,19-22,24H2,2-6H3,(H,39,43)/b34-27+/t29-,31+,33+/m1/s1. The van der Waals surface area contributed by atoms with Crippen LogP contribution in [0, 0.1) is 6.92 Å². The number of anilines is 1. The van der Waals surface area contributed by atoms with Gasteiger partial charge in [0.05, 0.1) is 31.0 Å². The Balaban J connectivity index is 1.60. The molecule has 9 nitrogen and oxygen atoms in total. The number of ether oxygens (including phenoxy) is 2. The van der Waals surface area contributed by atoms with Gasteiger partial charge in [-0.3, -0.25) is 4.79 Å². The van der Waals surface area contributed by atoms with E-state index in [0.717, 1.165) is 80.0 Å². The molecule has 0 radical (unpaired) electrons. The molecule has 1 saturated carbocycles. The fourth-order valence-corrected chi connectivity index (χ4v) is 6.45. The minimum atomic E-state index is -0.412. The lowest BCUT2D eigenvalue weighted by atomic mass is 9.88.